The lowest BCUT2D eigenvalue weighted by molar-refractivity contribution is 0.542. The average Bonchev–Trinajstić information content (AvgIpc) is 2.55. The van der Waals surface area contributed by atoms with Crippen molar-refractivity contribution in [3.8, 4) is 11.5 Å². The molecule has 1 aromatic rings. The maximum atomic E-state index is 5.49. The highest BCUT2D eigenvalue weighted by molar-refractivity contribution is 6.87. The molecule has 0 atom stereocenters. The molecule has 0 bridgehead atoms. The van der Waals surface area contributed by atoms with Crippen molar-refractivity contribution >= 4 is 8.07 Å². The van der Waals surface area contributed by atoms with Crippen molar-refractivity contribution < 1.29 is 0 Å². The summed E-state index contributed by atoms with van der Waals surface area (Å²) in [6.07, 6.45) is 0. The molecule has 1 heterocycles. The number of nitrogens with two attached hydrogens (primary N) is 1. The second-order valence-electron chi connectivity index (χ2n) is 6.14. The molecule has 4 nitrogen and oxygen atoms in total. The number of aryl methyl sites for hydroxylation is 1. The van der Waals surface area contributed by atoms with E-state index in [0.29, 0.717) is 13.1 Å². The van der Waals surface area contributed by atoms with Crippen LogP contribution in [0.4, 0.5) is 0 Å². The van der Waals surface area contributed by atoms with Gasteiger partial charge >= 0.3 is 0 Å². The van der Waals surface area contributed by atoms with E-state index in [4.69, 9.17) is 5.73 Å². The molecule has 0 spiro atoms. The van der Waals surface area contributed by atoms with Crippen molar-refractivity contribution in [1.29, 1.82) is 0 Å². The fraction of sp³-hybridized carbons (Fsp3) is 0.692. The van der Waals surface area contributed by atoms with Crippen LogP contribution >= 0.6 is 0 Å². The van der Waals surface area contributed by atoms with Gasteiger partial charge in [0.1, 0.15) is 8.07 Å². The monoisotopic (exact) mass is 264 g/mol. The zero-order valence-electron chi connectivity index (χ0n) is 12.3. The topological polar surface area (TPSA) is 56.7 Å². The van der Waals surface area contributed by atoms with Crippen LogP contribution in [0.2, 0.25) is 18.1 Å². The van der Waals surface area contributed by atoms with Crippen LogP contribution in [0.5, 0.6) is 0 Å². The molecular weight excluding hydrogens is 240 g/mol. The van der Waals surface area contributed by atoms with Crippen molar-refractivity contribution in [2.24, 2.45) is 5.73 Å². The molecule has 0 fully saturated rings. The highest BCUT2D eigenvalue weighted by Crippen LogP contribution is 2.35. The molecule has 5 heteroatoms. The molecule has 0 saturated carbocycles. The Labute approximate surface area is 111 Å². The Hall–Kier alpha value is -1.12. The number of hydrogen-bond acceptors (Lipinski definition) is 3. The molecule has 2 N–H and O–H groups in total. The highest BCUT2D eigenvalue weighted by atomic mass is 28.3. The average molecular weight is 264 g/mol. The van der Waals surface area contributed by atoms with Crippen molar-refractivity contribution in [3.05, 3.63) is 11.4 Å². The minimum atomic E-state index is -1.58. The summed E-state index contributed by atoms with van der Waals surface area (Å²) in [6.45, 7) is 14.5. The van der Waals surface area contributed by atoms with E-state index in [9.17, 15) is 0 Å². The summed E-state index contributed by atoms with van der Waals surface area (Å²) >= 11 is 0. The lowest BCUT2D eigenvalue weighted by Crippen LogP contribution is -2.35. The number of aromatic nitrogens is 3. The molecule has 0 aliphatic heterocycles. The second kappa shape index (κ2) is 5.25. The van der Waals surface area contributed by atoms with Crippen LogP contribution in [0.15, 0.2) is 0 Å². The van der Waals surface area contributed by atoms with Crippen molar-refractivity contribution in [1.82, 2.24) is 15.0 Å². The summed E-state index contributed by atoms with van der Waals surface area (Å²) < 4.78 is 0. The van der Waals surface area contributed by atoms with Gasteiger partial charge in [-0.15, -0.1) is 10.6 Å². The maximum Gasteiger partial charge on any atom is 0.157 e. The minimum absolute atomic E-state index is 0.265. The van der Waals surface area contributed by atoms with Gasteiger partial charge in [0.15, 0.2) is 5.69 Å². The van der Waals surface area contributed by atoms with Crippen molar-refractivity contribution in [2.45, 2.75) is 52.4 Å². The first-order chi connectivity index (χ1) is 8.17. The summed E-state index contributed by atoms with van der Waals surface area (Å²) in [6, 6.07) is 0. The van der Waals surface area contributed by atoms with E-state index >= 15 is 0 Å². The van der Waals surface area contributed by atoms with Crippen LogP contribution in [-0.2, 0) is 6.54 Å². The van der Waals surface area contributed by atoms with E-state index in [1.54, 1.807) is 4.80 Å². The first-order valence-electron chi connectivity index (χ1n) is 6.32. The first-order valence-corrected chi connectivity index (χ1v) is 9.32. The molecule has 1 aromatic heterocycles. The molecule has 18 heavy (non-hydrogen) atoms. The summed E-state index contributed by atoms with van der Waals surface area (Å²) in [4.78, 5) is 1.63. The molecule has 0 saturated heterocycles. The fourth-order valence-electron chi connectivity index (χ4n) is 1.16. The highest BCUT2D eigenvalue weighted by Gasteiger charge is 2.33. The third-order valence-electron chi connectivity index (χ3n) is 3.52. The molecule has 1 rings (SSSR count). The number of rotatable bonds is 2. The molecule has 0 radical (unpaired) electrons. The van der Waals surface area contributed by atoms with Gasteiger partial charge < -0.3 is 5.73 Å². The Morgan fingerprint density at radius 3 is 2.39 bits per heavy atom. The van der Waals surface area contributed by atoms with Gasteiger partial charge in [0, 0.05) is 6.54 Å². The van der Waals surface area contributed by atoms with Crippen LogP contribution < -0.4 is 5.73 Å². The van der Waals surface area contributed by atoms with Gasteiger partial charge in [0.25, 0.3) is 0 Å². The van der Waals surface area contributed by atoms with E-state index in [2.05, 4.69) is 55.5 Å². The van der Waals surface area contributed by atoms with E-state index in [0.717, 1.165) is 11.4 Å². The molecule has 0 unspecified atom stereocenters. The quantitative estimate of drug-likeness (QED) is 0.656. The lowest BCUT2D eigenvalue weighted by atomic mass is 10.2. The summed E-state index contributed by atoms with van der Waals surface area (Å²) in [5.74, 6) is 3.22. The fourth-order valence-corrected chi connectivity index (χ4v) is 1.97. The van der Waals surface area contributed by atoms with Gasteiger partial charge in [-0.1, -0.05) is 39.8 Å². The standard InChI is InChI=1S/C13H24N4Si/c1-11-12(16-17(15-11)9-8-14)7-10-18(5,6)13(2,3)4/h8-9,14H2,1-6H3. The Morgan fingerprint density at radius 1 is 1.28 bits per heavy atom. The van der Waals surface area contributed by atoms with Crippen molar-refractivity contribution in [3.63, 3.8) is 0 Å². The largest absolute Gasteiger partial charge is 0.329 e. The van der Waals surface area contributed by atoms with Crippen LogP contribution in [-0.4, -0.2) is 29.6 Å². The third-order valence-corrected chi connectivity index (χ3v) is 8.02. The molecule has 0 aliphatic rings. The summed E-state index contributed by atoms with van der Waals surface area (Å²) in [5.41, 5.74) is 10.6. The second-order valence-corrected chi connectivity index (χ2v) is 11.1. The summed E-state index contributed by atoms with van der Waals surface area (Å²) in [5, 5.41) is 8.93. The Bertz CT molecular complexity index is 471. The third kappa shape index (κ3) is 3.44. The Balaban J connectivity index is 2.99. The smallest absolute Gasteiger partial charge is 0.157 e. The lowest BCUT2D eigenvalue weighted by Gasteiger charge is -2.31. The SMILES string of the molecule is Cc1nn(CCN)nc1C#C[Si](C)(C)C(C)(C)C. The van der Waals surface area contributed by atoms with Crippen LogP contribution in [0, 0.1) is 18.4 Å². The van der Waals surface area contributed by atoms with E-state index < -0.39 is 8.07 Å². The van der Waals surface area contributed by atoms with E-state index in [1.807, 2.05) is 6.92 Å². The Morgan fingerprint density at radius 2 is 1.89 bits per heavy atom. The molecular formula is C13H24N4Si. The van der Waals surface area contributed by atoms with Crippen molar-refractivity contribution in [2.75, 3.05) is 6.54 Å². The van der Waals surface area contributed by atoms with Crippen LogP contribution in [0.25, 0.3) is 0 Å². The zero-order chi connectivity index (χ0) is 14.0. The minimum Gasteiger partial charge on any atom is -0.329 e. The van der Waals surface area contributed by atoms with Gasteiger partial charge in [0.2, 0.25) is 0 Å². The van der Waals surface area contributed by atoms with Gasteiger partial charge in [-0.2, -0.15) is 9.90 Å². The Kier molecular flexibility index (Phi) is 4.35. The predicted molar refractivity (Wildman–Crippen MR) is 77.9 cm³/mol. The molecule has 100 valence electrons. The van der Waals surface area contributed by atoms with Gasteiger partial charge in [-0.25, -0.2) is 0 Å². The van der Waals surface area contributed by atoms with Gasteiger partial charge in [-0.05, 0) is 12.0 Å². The molecule has 0 aliphatic carbocycles. The molecule has 0 aromatic carbocycles. The first kappa shape index (κ1) is 14.9. The van der Waals surface area contributed by atoms with E-state index in [-0.39, 0.29) is 5.04 Å². The van der Waals surface area contributed by atoms with Crippen LogP contribution in [0.1, 0.15) is 32.2 Å². The zero-order valence-corrected chi connectivity index (χ0v) is 13.3. The number of hydrogen-bond donors (Lipinski definition) is 1. The van der Waals surface area contributed by atoms with Crippen LogP contribution in [0.3, 0.4) is 0 Å². The van der Waals surface area contributed by atoms with Gasteiger partial charge in [-0.3, -0.25) is 0 Å². The molecule has 0 amide bonds. The van der Waals surface area contributed by atoms with E-state index in [1.165, 1.54) is 0 Å². The predicted octanol–water partition coefficient (Wildman–Crippen LogP) is 1.94. The maximum absolute atomic E-state index is 5.49. The van der Waals surface area contributed by atoms with Gasteiger partial charge in [0.05, 0.1) is 12.2 Å². The normalized spacial score (nSPS) is 12.2. The number of nitrogens with zero attached hydrogens (tertiary/aromatic N) is 3. The summed E-state index contributed by atoms with van der Waals surface area (Å²) in [7, 11) is -1.58.